The number of nitrogens with one attached hydrogen (secondary N) is 1. The van der Waals surface area contributed by atoms with Crippen LogP contribution in [0.2, 0.25) is 0 Å². The molecule has 0 fully saturated rings. The second-order valence-electron chi connectivity index (χ2n) is 5.02. The van der Waals surface area contributed by atoms with Gasteiger partial charge in [-0.1, -0.05) is 19.9 Å². The molecule has 1 aliphatic rings. The standard InChI is InChI=1S/C15H19NS3/c1-3-12(14-5-4-7-17-14)16-13-9-10(2)19-15-11(13)6-8-18-15/h4-8,10,12-13,16H,3,9H2,1-2H3/t10-,12?,13?/m0/s1. The van der Waals surface area contributed by atoms with Crippen molar-refractivity contribution in [2.45, 2.75) is 48.2 Å². The van der Waals surface area contributed by atoms with Crippen LogP contribution in [0.15, 0.2) is 33.2 Å². The zero-order valence-electron chi connectivity index (χ0n) is 11.3. The number of rotatable bonds is 4. The summed E-state index contributed by atoms with van der Waals surface area (Å²) >= 11 is 5.79. The Balaban J connectivity index is 1.80. The highest BCUT2D eigenvalue weighted by atomic mass is 32.2. The number of fused-ring (bicyclic) bond motifs is 1. The van der Waals surface area contributed by atoms with E-state index < -0.39 is 0 Å². The van der Waals surface area contributed by atoms with Gasteiger partial charge in [0, 0.05) is 22.2 Å². The van der Waals surface area contributed by atoms with Crippen LogP contribution in [0.5, 0.6) is 0 Å². The molecule has 102 valence electrons. The normalized spacial score (nSPS) is 24.1. The van der Waals surface area contributed by atoms with Crippen LogP contribution in [-0.2, 0) is 0 Å². The molecule has 0 aliphatic carbocycles. The van der Waals surface area contributed by atoms with Gasteiger partial charge in [-0.25, -0.2) is 0 Å². The number of thiophene rings is 2. The molecule has 2 aromatic rings. The van der Waals surface area contributed by atoms with Crippen molar-refractivity contribution in [1.29, 1.82) is 0 Å². The van der Waals surface area contributed by atoms with Gasteiger partial charge in [-0.3, -0.25) is 0 Å². The molecule has 0 radical (unpaired) electrons. The molecule has 1 aliphatic heterocycles. The van der Waals surface area contributed by atoms with Crippen molar-refractivity contribution < 1.29 is 0 Å². The monoisotopic (exact) mass is 309 g/mol. The third-order valence-electron chi connectivity index (χ3n) is 3.61. The van der Waals surface area contributed by atoms with E-state index in [-0.39, 0.29) is 0 Å². The minimum atomic E-state index is 0.494. The Bertz CT molecular complexity index is 517. The summed E-state index contributed by atoms with van der Waals surface area (Å²) < 4.78 is 1.51. The second kappa shape index (κ2) is 6.00. The van der Waals surface area contributed by atoms with Crippen molar-refractivity contribution in [3.05, 3.63) is 39.4 Å². The first-order valence-corrected chi connectivity index (χ1v) is 9.45. The average molecular weight is 310 g/mol. The van der Waals surface area contributed by atoms with E-state index in [2.05, 4.69) is 48.1 Å². The molecule has 3 heterocycles. The van der Waals surface area contributed by atoms with Crippen molar-refractivity contribution in [1.82, 2.24) is 5.32 Å². The van der Waals surface area contributed by atoms with E-state index in [1.54, 1.807) is 0 Å². The molecule has 2 aromatic heterocycles. The van der Waals surface area contributed by atoms with Crippen LogP contribution in [0.25, 0.3) is 0 Å². The van der Waals surface area contributed by atoms with Crippen molar-refractivity contribution in [2.75, 3.05) is 0 Å². The molecule has 0 saturated heterocycles. The highest BCUT2D eigenvalue weighted by Gasteiger charge is 2.28. The molecule has 3 rings (SSSR count). The average Bonchev–Trinajstić information content (AvgIpc) is 3.05. The molecule has 1 nitrogen and oxygen atoms in total. The summed E-state index contributed by atoms with van der Waals surface area (Å²) in [6, 6.07) is 7.72. The van der Waals surface area contributed by atoms with Gasteiger partial charge in [-0.15, -0.1) is 34.4 Å². The Morgan fingerprint density at radius 1 is 1.32 bits per heavy atom. The van der Waals surface area contributed by atoms with Gasteiger partial charge in [0.2, 0.25) is 0 Å². The van der Waals surface area contributed by atoms with Crippen molar-refractivity contribution in [3.63, 3.8) is 0 Å². The van der Waals surface area contributed by atoms with Gasteiger partial charge >= 0.3 is 0 Å². The molecular formula is C15H19NS3. The number of hydrogen-bond acceptors (Lipinski definition) is 4. The molecular weight excluding hydrogens is 290 g/mol. The molecule has 4 heteroatoms. The third-order valence-corrected chi connectivity index (χ3v) is 6.94. The third kappa shape index (κ3) is 2.92. The summed E-state index contributed by atoms with van der Waals surface area (Å²) in [5, 5.41) is 9.01. The molecule has 1 N–H and O–H groups in total. The highest BCUT2D eigenvalue weighted by Crippen LogP contribution is 2.44. The van der Waals surface area contributed by atoms with Crippen molar-refractivity contribution in [2.24, 2.45) is 0 Å². The van der Waals surface area contributed by atoms with E-state index in [0.717, 1.165) is 6.42 Å². The maximum absolute atomic E-state index is 3.88. The van der Waals surface area contributed by atoms with Gasteiger partial charge in [-0.05, 0) is 41.3 Å². The lowest BCUT2D eigenvalue weighted by Crippen LogP contribution is -2.29. The molecule has 0 amide bonds. The fourth-order valence-electron chi connectivity index (χ4n) is 2.64. The van der Waals surface area contributed by atoms with Gasteiger partial charge in [0.05, 0.1) is 4.21 Å². The van der Waals surface area contributed by atoms with E-state index in [4.69, 9.17) is 0 Å². The van der Waals surface area contributed by atoms with E-state index in [9.17, 15) is 0 Å². The topological polar surface area (TPSA) is 12.0 Å². The summed E-state index contributed by atoms with van der Waals surface area (Å²) in [6.07, 6.45) is 2.38. The fraction of sp³-hybridized carbons (Fsp3) is 0.467. The van der Waals surface area contributed by atoms with E-state index in [0.29, 0.717) is 17.3 Å². The first kappa shape index (κ1) is 13.7. The van der Waals surface area contributed by atoms with Gasteiger partial charge in [0.25, 0.3) is 0 Å². The Hall–Kier alpha value is -0.290. The lowest BCUT2D eigenvalue weighted by Gasteiger charge is -2.30. The molecule has 0 saturated carbocycles. The Kier molecular flexibility index (Phi) is 4.32. The first-order valence-electron chi connectivity index (χ1n) is 6.81. The quantitative estimate of drug-likeness (QED) is 0.803. The van der Waals surface area contributed by atoms with E-state index in [1.165, 1.54) is 21.1 Å². The van der Waals surface area contributed by atoms with Crippen molar-refractivity contribution in [3.8, 4) is 0 Å². The van der Waals surface area contributed by atoms with Crippen LogP contribution in [0.3, 0.4) is 0 Å². The van der Waals surface area contributed by atoms with Gasteiger partial charge in [-0.2, -0.15) is 0 Å². The summed E-state index contributed by atoms with van der Waals surface area (Å²) in [5.74, 6) is 0. The second-order valence-corrected chi connectivity index (χ2v) is 8.63. The van der Waals surface area contributed by atoms with E-state index in [1.807, 2.05) is 34.4 Å². The lowest BCUT2D eigenvalue weighted by molar-refractivity contribution is 0.413. The Morgan fingerprint density at radius 3 is 2.95 bits per heavy atom. The van der Waals surface area contributed by atoms with Crippen LogP contribution in [-0.4, -0.2) is 5.25 Å². The number of hydrogen-bond donors (Lipinski definition) is 1. The van der Waals surface area contributed by atoms with Gasteiger partial charge < -0.3 is 5.32 Å². The molecule has 0 bridgehead atoms. The largest absolute Gasteiger partial charge is 0.302 e. The van der Waals surface area contributed by atoms with Crippen LogP contribution < -0.4 is 5.32 Å². The summed E-state index contributed by atoms with van der Waals surface area (Å²) in [4.78, 5) is 1.46. The predicted molar refractivity (Wildman–Crippen MR) is 87.5 cm³/mol. The zero-order valence-corrected chi connectivity index (χ0v) is 13.7. The summed E-state index contributed by atoms with van der Waals surface area (Å²) in [6.45, 7) is 4.61. The minimum absolute atomic E-state index is 0.494. The lowest BCUT2D eigenvalue weighted by atomic mass is 10.0. The van der Waals surface area contributed by atoms with Crippen molar-refractivity contribution >= 4 is 34.4 Å². The van der Waals surface area contributed by atoms with Crippen LogP contribution in [0, 0.1) is 0 Å². The maximum Gasteiger partial charge on any atom is 0.0649 e. The smallest absolute Gasteiger partial charge is 0.0649 e. The van der Waals surface area contributed by atoms with E-state index >= 15 is 0 Å². The van der Waals surface area contributed by atoms with Crippen LogP contribution >= 0.6 is 34.4 Å². The predicted octanol–water partition coefficient (Wildman–Crippen LogP) is 5.48. The Morgan fingerprint density at radius 2 is 2.21 bits per heavy atom. The molecule has 2 unspecified atom stereocenters. The van der Waals surface area contributed by atoms with Gasteiger partial charge in [0.15, 0.2) is 0 Å². The first-order chi connectivity index (χ1) is 9.28. The molecule has 0 aromatic carbocycles. The fourth-order valence-corrected chi connectivity index (χ4v) is 6.08. The zero-order chi connectivity index (χ0) is 13.2. The summed E-state index contributed by atoms with van der Waals surface area (Å²) in [7, 11) is 0. The van der Waals surface area contributed by atoms with Crippen LogP contribution in [0.1, 0.15) is 49.2 Å². The highest BCUT2D eigenvalue weighted by molar-refractivity contribution is 8.01. The number of thioether (sulfide) groups is 1. The van der Waals surface area contributed by atoms with Crippen LogP contribution in [0.4, 0.5) is 0 Å². The minimum Gasteiger partial charge on any atom is -0.302 e. The molecule has 19 heavy (non-hydrogen) atoms. The SMILES string of the molecule is CCC(NC1C[C@H](C)Sc2sccc21)c1cccs1. The summed E-state index contributed by atoms with van der Waals surface area (Å²) in [5.41, 5.74) is 1.52. The maximum atomic E-state index is 3.88. The molecule has 0 spiro atoms. The molecule has 3 atom stereocenters. The Labute approximate surface area is 127 Å². The van der Waals surface area contributed by atoms with Gasteiger partial charge in [0.1, 0.15) is 0 Å².